The number of anilines is 1. The first-order chi connectivity index (χ1) is 9.92. The van der Waals surface area contributed by atoms with Crippen molar-refractivity contribution in [3.63, 3.8) is 0 Å². The van der Waals surface area contributed by atoms with Crippen LogP contribution >= 0.6 is 11.6 Å². The van der Waals surface area contributed by atoms with Crippen LogP contribution in [0, 0.1) is 5.92 Å². The molecule has 0 saturated heterocycles. The van der Waals surface area contributed by atoms with Gasteiger partial charge in [0.05, 0.1) is 24.4 Å². The van der Waals surface area contributed by atoms with Crippen molar-refractivity contribution < 1.29 is 19.8 Å². The van der Waals surface area contributed by atoms with Crippen molar-refractivity contribution in [1.29, 1.82) is 0 Å². The summed E-state index contributed by atoms with van der Waals surface area (Å²) in [6, 6.07) is 3.11. The lowest BCUT2D eigenvalue weighted by Gasteiger charge is -2.20. The highest BCUT2D eigenvalue weighted by atomic mass is 35.5. The number of hydrogen-bond acceptors (Lipinski definition) is 5. The molecule has 1 heterocycles. The van der Waals surface area contributed by atoms with E-state index in [1.807, 2.05) is 0 Å². The Morgan fingerprint density at radius 2 is 2.19 bits per heavy atom. The fraction of sp³-hybridized carbons (Fsp3) is 0.462. The molecule has 1 rings (SSSR count). The predicted molar refractivity (Wildman–Crippen MR) is 78.2 cm³/mol. The number of aliphatic carboxylic acids is 1. The summed E-state index contributed by atoms with van der Waals surface area (Å²) in [6.45, 7) is 0.472. The van der Waals surface area contributed by atoms with E-state index in [1.165, 1.54) is 12.3 Å². The maximum atomic E-state index is 11.8. The van der Waals surface area contributed by atoms with Crippen molar-refractivity contribution in [2.45, 2.75) is 6.42 Å². The lowest BCUT2D eigenvalue weighted by Crippen LogP contribution is -2.34. The Bertz CT molecular complexity index is 481. The zero-order chi connectivity index (χ0) is 15.8. The number of carboxylic acids is 1. The molecule has 21 heavy (non-hydrogen) atoms. The number of nitrogens with one attached hydrogen (secondary N) is 1. The van der Waals surface area contributed by atoms with Crippen molar-refractivity contribution in [1.82, 2.24) is 9.88 Å². The van der Waals surface area contributed by atoms with Crippen LogP contribution in [0.25, 0.3) is 0 Å². The summed E-state index contributed by atoms with van der Waals surface area (Å²) in [5.74, 6) is -2.31. The van der Waals surface area contributed by atoms with Crippen molar-refractivity contribution in [2.75, 3.05) is 32.1 Å². The van der Waals surface area contributed by atoms with Crippen LogP contribution in [0.1, 0.15) is 6.42 Å². The molecule has 0 aliphatic heterocycles. The smallest absolute Gasteiger partial charge is 0.308 e. The highest BCUT2D eigenvalue weighted by Gasteiger charge is 2.22. The van der Waals surface area contributed by atoms with Gasteiger partial charge in [-0.25, -0.2) is 4.98 Å². The van der Waals surface area contributed by atoms with E-state index in [2.05, 4.69) is 10.3 Å². The number of carbonyl (C=O) groups excluding carboxylic acids is 1. The van der Waals surface area contributed by atoms with Gasteiger partial charge in [-0.15, -0.1) is 0 Å². The number of nitrogens with zero attached hydrogens (tertiary/aromatic N) is 2. The van der Waals surface area contributed by atoms with Crippen LogP contribution in [0.15, 0.2) is 18.3 Å². The van der Waals surface area contributed by atoms with Crippen LogP contribution in [-0.2, 0) is 9.59 Å². The van der Waals surface area contributed by atoms with Crippen LogP contribution in [0.3, 0.4) is 0 Å². The Morgan fingerprint density at radius 3 is 2.71 bits per heavy atom. The van der Waals surface area contributed by atoms with Gasteiger partial charge in [-0.05, 0) is 19.2 Å². The Kier molecular flexibility index (Phi) is 7.07. The summed E-state index contributed by atoms with van der Waals surface area (Å²) in [7, 11) is 1.69. The van der Waals surface area contributed by atoms with Gasteiger partial charge in [0.1, 0.15) is 5.15 Å². The van der Waals surface area contributed by atoms with Gasteiger partial charge in [-0.1, -0.05) is 11.6 Å². The number of halogens is 1. The highest BCUT2D eigenvalue weighted by molar-refractivity contribution is 6.29. The van der Waals surface area contributed by atoms with E-state index in [0.717, 1.165) is 0 Å². The minimum absolute atomic E-state index is 0.0640. The van der Waals surface area contributed by atoms with E-state index in [9.17, 15) is 9.59 Å². The first-order valence-corrected chi connectivity index (χ1v) is 6.73. The molecule has 3 N–H and O–H groups in total. The van der Waals surface area contributed by atoms with Crippen LogP contribution in [0.2, 0.25) is 5.15 Å². The number of aliphatic hydroxyl groups excluding tert-OH is 1. The second-order valence-electron chi connectivity index (χ2n) is 4.64. The van der Waals surface area contributed by atoms with E-state index >= 15 is 0 Å². The predicted octanol–water partition coefficient (Wildman–Crippen LogP) is 0.688. The third-order valence-electron chi connectivity index (χ3n) is 2.81. The zero-order valence-electron chi connectivity index (χ0n) is 11.6. The van der Waals surface area contributed by atoms with Crippen molar-refractivity contribution in [2.24, 2.45) is 5.92 Å². The van der Waals surface area contributed by atoms with Crippen molar-refractivity contribution in [3.05, 3.63) is 23.5 Å². The monoisotopic (exact) mass is 315 g/mol. The molecule has 1 unspecified atom stereocenters. The maximum absolute atomic E-state index is 11.8. The third kappa shape index (κ3) is 6.52. The highest BCUT2D eigenvalue weighted by Crippen LogP contribution is 2.12. The number of hydrogen-bond donors (Lipinski definition) is 3. The van der Waals surface area contributed by atoms with Crippen molar-refractivity contribution in [3.8, 4) is 0 Å². The standard InChI is InChI=1S/C13H18ClN3O4/c1-17(4-5-18)8-9(13(20)21)6-12(19)16-10-2-3-11(14)15-7-10/h2-3,7,9,18H,4-6,8H2,1H3,(H,16,19)(H,20,21). The largest absolute Gasteiger partial charge is 0.481 e. The second kappa shape index (κ2) is 8.56. The minimum Gasteiger partial charge on any atom is -0.481 e. The molecule has 1 aromatic rings. The SMILES string of the molecule is CN(CCO)CC(CC(=O)Nc1ccc(Cl)nc1)C(=O)O. The van der Waals surface area contributed by atoms with E-state index in [0.29, 0.717) is 17.4 Å². The molecule has 1 amide bonds. The van der Waals surface area contributed by atoms with Crippen molar-refractivity contribution >= 4 is 29.2 Å². The summed E-state index contributed by atoms with van der Waals surface area (Å²) < 4.78 is 0. The second-order valence-corrected chi connectivity index (χ2v) is 5.03. The van der Waals surface area contributed by atoms with Gasteiger partial charge in [-0.2, -0.15) is 0 Å². The Morgan fingerprint density at radius 1 is 1.48 bits per heavy atom. The third-order valence-corrected chi connectivity index (χ3v) is 3.03. The topological polar surface area (TPSA) is 103 Å². The summed E-state index contributed by atoms with van der Waals surface area (Å²) >= 11 is 5.63. The summed E-state index contributed by atoms with van der Waals surface area (Å²) in [5, 5.41) is 20.8. The molecular formula is C13H18ClN3O4. The van der Waals surface area contributed by atoms with Gasteiger partial charge in [0.2, 0.25) is 5.91 Å². The van der Waals surface area contributed by atoms with E-state index in [-0.39, 0.29) is 19.6 Å². The van der Waals surface area contributed by atoms with Gasteiger partial charge in [-0.3, -0.25) is 9.59 Å². The molecule has 1 aromatic heterocycles. The Labute approximate surface area is 127 Å². The number of rotatable bonds is 8. The number of pyridine rings is 1. The Hall–Kier alpha value is -1.70. The molecule has 0 spiro atoms. The van der Waals surface area contributed by atoms with Gasteiger partial charge >= 0.3 is 5.97 Å². The summed E-state index contributed by atoms with van der Waals surface area (Å²) in [5.41, 5.74) is 0.456. The zero-order valence-corrected chi connectivity index (χ0v) is 12.4. The normalized spacial score (nSPS) is 12.2. The van der Waals surface area contributed by atoms with E-state index in [4.69, 9.17) is 21.8 Å². The number of amides is 1. The molecule has 0 radical (unpaired) electrons. The molecule has 8 heteroatoms. The molecule has 0 aliphatic rings. The van der Waals surface area contributed by atoms with Crippen LogP contribution in [0.5, 0.6) is 0 Å². The fourth-order valence-corrected chi connectivity index (χ4v) is 1.87. The number of aliphatic hydroxyl groups is 1. The number of aromatic nitrogens is 1. The van der Waals surface area contributed by atoms with Crippen LogP contribution in [-0.4, -0.2) is 58.7 Å². The van der Waals surface area contributed by atoms with Crippen LogP contribution in [0.4, 0.5) is 5.69 Å². The molecule has 0 saturated carbocycles. The number of carboxylic acid groups (broad SMARTS) is 1. The average molecular weight is 316 g/mol. The quantitative estimate of drug-likeness (QED) is 0.610. The molecule has 7 nitrogen and oxygen atoms in total. The summed E-state index contributed by atoms with van der Waals surface area (Å²) in [4.78, 5) is 28.5. The first kappa shape index (κ1) is 17.4. The Balaban J connectivity index is 2.56. The lowest BCUT2D eigenvalue weighted by molar-refractivity contribution is -0.144. The summed E-state index contributed by atoms with van der Waals surface area (Å²) in [6.07, 6.45) is 1.24. The fourth-order valence-electron chi connectivity index (χ4n) is 1.75. The average Bonchev–Trinajstić information content (AvgIpc) is 2.41. The minimum atomic E-state index is -1.05. The number of likely N-dealkylation sites (N-methyl/N-ethyl adjacent to an activating group) is 1. The molecule has 0 fully saturated rings. The maximum Gasteiger partial charge on any atom is 0.308 e. The van der Waals surface area contributed by atoms with E-state index < -0.39 is 17.8 Å². The van der Waals surface area contributed by atoms with E-state index in [1.54, 1.807) is 18.0 Å². The molecule has 0 bridgehead atoms. The van der Waals surface area contributed by atoms with Gasteiger partial charge in [0.15, 0.2) is 0 Å². The van der Waals surface area contributed by atoms with Crippen LogP contribution < -0.4 is 5.32 Å². The molecule has 116 valence electrons. The molecule has 1 atom stereocenters. The molecule has 0 aliphatic carbocycles. The number of carbonyl (C=O) groups is 2. The lowest BCUT2D eigenvalue weighted by atomic mass is 10.0. The first-order valence-electron chi connectivity index (χ1n) is 6.36. The van der Waals surface area contributed by atoms with Gasteiger partial charge in [0, 0.05) is 19.5 Å². The molecule has 0 aromatic carbocycles. The van der Waals surface area contributed by atoms with Gasteiger partial charge in [0.25, 0.3) is 0 Å². The molecular weight excluding hydrogens is 298 g/mol. The van der Waals surface area contributed by atoms with Gasteiger partial charge < -0.3 is 20.4 Å².